The number of nitrogens with one attached hydrogen (secondary N) is 1. The Morgan fingerprint density at radius 2 is 1.47 bits per heavy atom. The number of carbonyl (C=O) groups excluding carboxylic acids is 3. The van der Waals surface area contributed by atoms with E-state index in [1.165, 1.54) is 61.7 Å². The molecular formula is C33H25F6N3O7. The summed E-state index contributed by atoms with van der Waals surface area (Å²) in [6.45, 7) is -0.955. The fourth-order valence-electron chi connectivity index (χ4n) is 4.56. The van der Waals surface area contributed by atoms with Crippen LogP contribution in [0.15, 0.2) is 85.2 Å². The molecule has 3 aromatic carbocycles. The quantitative estimate of drug-likeness (QED) is 0.107. The van der Waals surface area contributed by atoms with Gasteiger partial charge in [-0.25, -0.2) is 4.79 Å². The second kappa shape index (κ2) is 14.9. The van der Waals surface area contributed by atoms with Crippen LogP contribution in [0.3, 0.4) is 0 Å². The highest BCUT2D eigenvalue weighted by Gasteiger charge is 2.36. The molecule has 0 saturated heterocycles. The SMILES string of the molecule is COc1ccc(CC(=O)Nc2ccc(C(=O)N(CC(=O)O)Cc3ccc(OC(=O)c4ccncc4C(F)(F)F)cc3)cc2)c(C(F)(F)F)c1. The standard InChI is InChI=1S/C33H25F6N3O7/c1-48-24-11-6-21(26(15-24)32(34,35)36)14-28(43)41-22-7-4-20(5-8-22)30(46)42(18-29(44)45)17-19-2-9-23(10-3-19)49-31(47)25-12-13-40-16-27(25)33(37,38)39/h2-13,15-16H,14,17-18H2,1H3,(H,41,43)(H,44,45). The van der Waals surface area contributed by atoms with Crippen LogP contribution in [0, 0.1) is 0 Å². The first-order valence-electron chi connectivity index (χ1n) is 14.0. The highest BCUT2D eigenvalue weighted by Crippen LogP contribution is 2.35. The Labute approximate surface area is 273 Å². The summed E-state index contributed by atoms with van der Waals surface area (Å²) in [6.07, 6.45) is -8.68. The zero-order valence-electron chi connectivity index (χ0n) is 25.3. The summed E-state index contributed by atoms with van der Waals surface area (Å²) in [5, 5.41) is 11.8. The molecule has 2 amide bonds. The van der Waals surface area contributed by atoms with Gasteiger partial charge >= 0.3 is 24.3 Å². The van der Waals surface area contributed by atoms with E-state index in [9.17, 15) is 50.6 Å². The Hall–Kier alpha value is -5.93. The predicted molar refractivity (Wildman–Crippen MR) is 160 cm³/mol. The van der Waals surface area contributed by atoms with E-state index in [-0.39, 0.29) is 34.9 Å². The molecule has 1 aromatic heterocycles. The summed E-state index contributed by atoms with van der Waals surface area (Å²) < 4.78 is 90.1. The molecule has 2 N–H and O–H groups in total. The van der Waals surface area contributed by atoms with E-state index < -0.39 is 65.8 Å². The Morgan fingerprint density at radius 1 is 0.837 bits per heavy atom. The minimum absolute atomic E-state index is 0.0251. The van der Waals surface area contributed by atoms with E-state index in [0.717, 1.165) is 29.3 Å². The molecule has 0 spiro atoms. The monoisotopic (exact) mass is 689 g/mol. The summed E-state index contributed by atoms with van der Waals surface area (Å²) >= 11 is 0. The number of hydrogen-bond acceptors (Lipinski definition) is 7. The van der Waals surface area contributed by atoms with Crippen molar-refractivity contribution >= 4 is 29.4 Å². The molecule has 0 atom stereocenters. The van der Waals surface area contributed by atoms with Crippen molar-refractivity contribution in [1.29, 1.82) is 0 Å². The van der Waals surface area contributed by atoms with Crippen LogP contribution >= 0.6 is 0 Å². The van der Waals surface area contributed by atoms with E-state index >= 15 is 0 Å². The lowest BCUT2D eigenvalue weighted by Crippen LogP contribution is -2.35. The summed E-state index contributed by atoms with van der Waals surface area (Å²) in [5.74, 6) is -4.25. The number of methoxy groups -OCH3 is 1. The Morgan fingerprint density at radius 3 is 2.06 bits per heavy atom. The number of ether oxygens (including phenoxy) is 2. The van der Waals surface area contributed by atoms with E-state index in [4.69, 9.17) is 9.47 Å². The molecule has 4 aromatic rings. The van der Waals surface area contributed by atoms with Crippen molar-refractivity contribution in [3.63, 3.8) is 0 Å². The number of benzene rings is 3. The number of nitrogens with zero attached hydrogens (tertiary/aromatic N) is 2. The zero-order chi connectivity index (χ0) is 35.9. The van der Waals surface area contributed by atoms with Crippen LogP contribution in [0.25, 0.3) is 0 Å². The highest BCUT2D eigenvalue weighted by molar-refractivity contribution is 5.97. The van der Waals surface area contributed by atoms with Gasteiger partial charge in [-0.1, -0.05) is 18.2 Å². The maximum atomic E-state index is 13.5. The molecule has 0 saturated carbocycles. The van der Waals surface area contributed by atoms with Crippen LogP contribution in [0.1, 0.15) is 43.0 Å². The van der Waals surface area contributed by atoms with Gasteiger partial charge in [-0.15, -0.1) is 0 Å². The number of carbonyl (C=O) groups is 4. The molecule has 0 radical (unpaired) electrons. The van der Waals surface area contributed by atoms with Crippen LogP contribution in [0.5, 0.6) is 11.5 Å². The number of anilines is 1. The van der Waals surface area contributed by atoms with E-state index in [1.807, 2.05) is 0 Å². The highest BCUT2D eigenvalue weighted by atomic mass is 19.4. The van der Waals surface area contributed by atoms with Gasteiger partial charge in [0.25, 0.3) is 5.91 Å². The number of amides is 2. The minimum atomic E-state index is -4.84. The van der Waals surface area contributed by atoms with Crippen molar-refractivity contribution in [3.8, 4) is 11.5 Å². The van der Waals surface area contributed by atoms with Gasteiger partial charge in [-0.3, -0.25) is 19.4 Å². The minimum Gasteiger partial charge on any atom is -0.497 e. The number of alkyl halides is 6. The molecule has 49 heavy (non-hydrogen) atoms. The molecule has 1 heterocycles. The van der Waals surface area contributed by atoms with Crippen molar-refractivity contribution < 1.29 is 60.1 Å². The van der Waals surface area contributed by atoms with Crippen molar-refractivity contribution in [2.24, 2.45) is 0 Å². The second-order valence-corrected chi connectivity index (χ2v) is 10.3. The average molecular weight is 690 g/mol. The molecule has 10 nitrogen and oxygen atoms in total. The number of pyridine rings is 1. The number of carboxylic acid groups (broad SMARTS) is 1. The van der Waals surface area contributed by atoms with Crippen LogP contribution in [0.2, 0.25) is 0 Å². The third-order valence-corrected chi connectivity index (χ3v) is 6.86. The van der Waals surface area contributed by atoms with Gasteiger partial charge in [0.15, 0.2) is 0 Å². The van der Waals surface area contributed by atoms with Crippen molar-refractivity contribution in [3.05, 3.63) is 119 Å². The van der Waals surface area contributed by atoms with Crippen LogP contribution in [-0.2, 0) is 34.9 Å². The summed E-state index contributed by atoms with van der Waals surface area (Å²) in [7, 11) is 1.21. The Kier molecular flexibility index (Phi) is 10.9. The number of esters is 1. The van der Waals surface area contributed by atoms with Crippen LogP contribution in [0.4, 0.5) is 32.0 Å². The fraction of sp³-hybridized carbons (Fsp3) is 0.182. The largest absolute Gasteiger partial charge is 0.497 e. The third-order valence-electron chi connectivity index (χ3n) is 6.86. The van der Waals surface area contributed by atoms with Gasteiger partial charge < -0.3 is 24.8 Å². The van der Waals surface area contributed by atoms with E-state index in [2.05, 4.69) is 10.3 Å². The topological polar surface area (TPSA) is 135 Å². The van der Waals surface area contributed by atoms with E-state index in [1.54, 1.807) is 0 Å². The van der Waals surface area contributed by atoms with Crippen LogP contribution < -0.4 is 14.8 Å². The number of rotatable bonds is 11. The summed E-state index contributed by atoms with van der Waals surface area (Å²) in [5.41, 5.74) is -2.76. The average Bonchev–Trinajstić information content (AvgIpc) is 3.04. The van der Waals surface area contributed by atoms with Gasteiger partial charge in [-0.05, 0) is 65.7 Å². The molecule has 256 valence electrons. The zero-order valence-corrected chi connectivity index (χ0v) is 25.3. The molecule has 0 aliphatic rings. The summed E-state index contributed by atoms with van der Waals surface area (Å²) in [4.78, 5) is 54.1. The summed E-state index contributed by atoms with van der Waals surface area (Å²) in [6, 6.07) is 14.6. The Bertz CT molecular complexity index is 1840. The maximum Gasteiger partial charge on any atom is 0.418 e. The molecule has 0 bridgehead atoms. The lowest BCUT2D eigenvalue weighted by molar-refractivity contribution is -0.139. The molecular weight excluding hydrogens is 664 g/mol. The number of aromatic nitrogens is 1. The maximum absolute atomic E-state index is 13.5. The van der Waals surface area contributed by atoms with Gasteiger partial charge in [0.1, 0.15) is 18.0 Å². The number of aliphatic carboxylic acids is 1. The number of hydrogen-bond donors (Lipinski definition) is 2. The first-order valence-corrected chi connectivity index (χ1v) is 14.0. The van der Waals surface area contributed by atoms with Crippen molar-refractivity contribution in [2.75, 3.05) is 19.0 Å². The first kappa shape index (κ1) is 35.9. The fourth-order valence-corrected chi connectivity index (χ4v) is 4.56. The molecule has 0 unspecified atom stereocenters. The van der Waals surface area contributed by atoms with Crippen molar-refractivity contribution in [1.82, 2.24) is 9.88 Å². The molecule has 0 aliphatic carbocycles. The van der Waals surface area contributed by atoms with Crippen molar-refractivity contribution in [2.45, 2.75) is 25.3 Å². The van der Waals surface area contributed by atoms with Gasteiger partial charge in [0.05, 0.1) is 30.2 Å². The third kappa shape index (κ3) is 9.56. The molecule has 16 heteroatoms. The van der Waals surface area contributed by atoms with E-state index in [0.29, 0.717) is 11.8 Å². The smallest absolute Gasteiger partial charge is 0.418 e. The van der Waals surface area contributed by atoms with Gasteiger partial charge in [0, 0.05) is 30.2 Å². The molecule has 4 rings (SSSR count). The van der Waals surface area contributed by atoms with Gasteiger partial charge in [0.2, 0.25) is 5.91 Å². The normalized spacial score (nSPS) is 11.4. The first-order chi connectivity index (χ1) is 23.0. The predicted octanol–water partition coefficient (Wildman–Crippen LogP) is 6.26. The molecule has 0 fully saturated rings. The second-order valence-electron chi connectivity index (χ2n) is 10.3. The molecule has 0 aliphatic heterocycles. The van der Waals surface area contributed by atoms with Crippen LogP contribution in [-0.4, -0.2) is 52.4 Å². The Balaban J connectivity index is 1.41. The lowest BCUT2D eigenvalue weighted by Gasteiger charge is -2.21. The number of halogens is 6. The van der Waals surface area contributed by atoms with Gasteiger partial charge in [-0.2, -0.15) is 26.3 Å². The lowest BCUT2D eigenvalue weighted by atomic mass is 10.0. The number of carboxylic acids is 1.